The molecule has 0 bridgehead atoms. The normalized spacial score (nSPS) is 20.5. The number of pyridine rings is 2. The largest absolute Gasteiger partial charge is 0.364 e. The molecule has 0 amide bonds. The van der Waals surface area contributed by atoms with Crippen molar-refractivity contribution >= 4 is 5.84 Å². The standard InChI is InChI=1S/C22H17F5N4O/c1-12-22(14-3-6-16(23)7-4-14,15-5-8-17(19(24)25)28-10-15)30-20(29-12)13-2-9-18(32)31(11-13)21(26)27/h2-12,19,21H,1H3,(H,29,30)/t12-,22?/m0/s1. The highest BCUT2D eigenvalue weighted by molar-refractivity contribution is 6.00. The van der Waals surface area contributed by atoms with E-state index in [2.05, 4.69) is 10.3 Å². The summed E-state index contributed by atoms with van der Waals surface area (Å²) < 4.78 is 66.3. The van der Waals surface area contributed by atoms with Gasteiger partial charge in [-0.25, -0.2) is 18.2 Å². The molecule has 1 aliphatic rings. The number of nitrogens with one attached hydrogen (secondary N) is 1. The quantitative estimate of drug-likeness (QED) is 0.589. The molecule has 0 spiro atoms. The van der Waals surface area contributed by atoms with Crippen molar-refractivity contribution in [2.45, 2.75) is 31.5 Å². The topological polar surface area (TPSA) is 59.3 Å². The van der Waals surface area contributed by atoms with E-state index in [-0.39, 0.29) is 16.0 Å². The Morgan fingerprint density at radius 1 is 1.00 bits per heavy atom. The molecule has 0 saturated carbocycles. The van der Waals surface area contributed by atoms with Crippen LogP contribution in [0.15, 0.2) is 70.7 Å². The first-order chi connectivity index (χ1) is 15.2. The molecule has 5 nitrogen and oxygen atoms in total. The number of alkyl halides is 4. The van der Waals surface area contributed by atoms with E-state index in [4.69, 9.17) is 4.99 Å². The van der Waals surface area contributed by atoms with Crippen LogP contribution in [-0.2, 0) is 5.54 Å². The number of halogens is 5. The van der Waals surface area contributed by atoms with Gasteiger partial charge in [0, 0.05) is 29.6 Å². The van der Waals surface area contributed by atoms with Gasteiger partial charge < -0.3 is 5.32 Å². The van der Waals surface area contributed by atoms with E-state index >= 15 is 0 Å². The SMILES string of the molecule is C[C@@H]1NC(c2ccc(=O)n(C(F)F)c2)=NC1(c1ccc(F)cc1)c1ccc(C(F)F)nc1. The van der Waals surface area contributed by atoms with Crippen molar-refractivity contribution in [3.8, 4) is 0 Å². The van der Waals surface area contributed by atoms with Crippen LogP contribution < -0.4 is 10.9 Å². The lowest BCUT2D eigenvalue weighted by molar-refractivity contribution is 0.0663. The van der Waals surface area contributed by atoms with Gasteiger partial charge in [0.15, 0.2) is 0 Å². The number of amidine groups is 1. The van der Waals surface area contributed by atoms with Crippen LogP contribution in [0.4, 0.5) is 22.0 Å². The van der Waals surface area contributed by atoms with E-state index in [1.807, 2.05) is 0 Å². The number of hydrogen-bond acceptors (Lipinski definition) is 4. The maximum Gasteiger partial charge on any atom is 0.321 e. The number of hydrogen-bond donors (Lipinski definition) is 1. The lowest BCUT2D eigenvalue weighted by atomic mass is 9.79. The zero-order valence-electron chi connectivity index (χ0n) is 16.6. The predicted octanol–water partition coefficient (Wildman–Crippen LogP) is 4.40. The molecule has 166 valence electrons. The summed E-state index contributed by atoms with van der Waals surface area (Å²) in [6.45, 7) is -1.26. The van der Waals surface area contributed by atoms with Gasteiger partial charge in [-0.3, -0.25) is 14.3 Å². The third kappa shape index (κ3) is 3.65. The molecule has 2 atom stereocenters. The summed E-state index contributed by atoms with van der Waals surface area (Å²) in [5, 5.41) is 3.12. The van der Waals surface area contributed by atoms with Crippen LogP contribution >= 0.6 is 0 Å². The van der Waals surface area contributed by atoms with Crippen molar-refractivity contribution in [2.75, 3.05) is 0 Å². The Balaban J connectivity index is 1.90. The second kappa shape index (κ2) is 8.18. The van der Waals surface area contributed by atoms with Crippen molar-refractivity contribution < 1.29 is 22.0 Å². The molecular weight excluding hydrogens is 431 g/mol. The fourth-order valence-electron chi connectivity index (χ4n) is 3.82. The minimum absolute atomic E-state index is 0.217. The lowest BCUT2D eigenvalue weighted by Crippen LogP contribution is -2.41. The summed E-state index contributed by atoms with van der Waals surface area (Å²) in [5.74, 6) is -0.254. The number of aliphatic imine (C=N–C) groups is 1. The van der Waals surface area contributed by atoms with E-state index in [1.165, 1.54) is 48.7 Å². The molecule has 10 heteroatoms. The van der Waals surface area contributed by atoms with E-state index in [0.717, 1.165) is 12.3 Å². The van der Waals surface area contributed by atoms with Crippen LogP contribution in [0.3, 0.4) is 0 Å². The third-order valence-corrected chi connectivity index (χ3v) is 5.42. The summed E-state index contributed by atoms with van der Waals surface area (Å²) in [7, 11) is 0. The van der Waals surface area contributed by atoms with Gasteiger partial charge in [-0.2, -0.15) is 8.78 Å². The lowest BCUT2D eigenvalue weighted by Gasteiger charge is -2.31. The summed E-state index contributed by atoms with van der Waals surface area (Å²) in [5.41, 5.74) is -1.25. The van der Waals surface area contributed by atoms with Gasteiger partial charge in [-0.1, -0.05) is 18.2 Å². The summed E-state index contributed by atoms with van der Waals surface area (Å²) >= 11 is 0. The molecule has 3 heterocycles. The van der Waals surface area contributed by atoms with Crippen LogP contribution in [0.25, 0.3) is 0 Å². The zero-order chi connectivity index (χ0) is 23.0. The highest BCUT2D eigenvalue weighted by Crippen LogP contribution is 2.41. The molecule has 0 saturated heterocycles. The van der Waals surface area contributed by atoms with E-state index in [0.29, 0.717) is 11.1 Å². The minimum atomic E-state index is -3.03. The fourth-order valence-corrected chi connectivity index (χ4v) is 3.82. The number of benzene rings is 1. The monoisotopic (exact) mass is 448 g/mol. The average molecular weight is 448 g/mol. The molecule has 1 aliphatic heterocycles. The molecule has 2 aromatic heterocycles. The second-order valence-corrected chi connectivity index (χ2v) is 7.31. The van der Waals surface area contributed by atoms with Gasteiger partial charge in [-0.05, 0) is 36.8 Å². The molecule has 1 unspecified atom stereocenters. The van der Waals surface area contributed by atoms with Crippen LogP contribution in [0, 0.1) is 5.82 Å². The van der Waals surface area contributed by atoms with Crippen LogP contribution in [0.1, 0.15) is 42.3 Å². The molecule has 4 rings (SSSR count). The summed E-state index contributed by atoms with van der Waals surface area (Å²) in [6, 6.07) is 10.0. The van der Waals surface area contributed by atoms with Crippen molar-refractivity contribution in [3.05, 3.63) is 99.5 Å². The average Bonchev–Trinajstić information content (AvgIpc) is 3.12. The van der Waals surface area contributed by atoms with E-state index < -0.39 is 41.6 Å². The molecule has 0 fully saturated rings. The van der Waals surface area contributed by atoms with Gasteiger partial charge in [-0.15, -0.1) is 0 Å². The molecule has 1 aromatic carbocycles. The third-order valence-electron chi connectivity index (χ3n) is 5.42. The molecule has 3 aromatic rings. The maximum absolute atomic E-state index is 13.6. The van der Waals surface area contributed by atoms with Crippen LogP contribution in [-0.4, -0.2) is 21.4 Å². The Kier molecular flexibility index (Phi) is 5.53. The predicted molar refractivity (Wildman–Crippen MR) is 107 cm³/mol. The zero-order valence-corrected chi connectivity index (χ0v) is 16.6. The van der Waals surface area contributed by atoms with Gasteiger partial charge in [0.2, 0.25) is 0 Å². The van der Waals surface area contributed by atoms with Gasteiger partial charge >= 0.3 is 6.55 Å². The Labute approximate surface area is 179 Å². The minimum Gasteiger partial charge on any atom is -0.364 e. The van der Waals surface area contributed by atoms with E-state index in [1.54, 1.807) is 6.92 Å². The first-order valence-corrected chi connectivity index (χ1v) is 9.60. The number of aromatic nitrogens is 2. The van der Waals surface area contributed by atoms with Crippen molar-refractivity contribution in [1.82, 2.24) is 14.9 Å². The Hall–Kier alpha value is -3.56. The van der Waals surface area contributed by atoms with Crippen LogP contribution in [0.5, 0.6) is 0 Å². The molecular formula is C22H17F5N4O. The summed E-state index contributed by atoms with van der Waals surface area (Å²) in [6.07, 6.45) is -0.487. The first kappa shape index (κ1) is 21.7. The molecule has 1 N–H and O–H groups in total. The summed E-state index contributed by atoms with van der Waals surface area (Å²) in [4.78, 5) is 20.3. The van der Waals surface area contributed by atoms with Gasteiger partial charge in [0.05, 0.1) is 6.04 Å². The Morgan fingerprint density at radius 3 is 2.28 bits per heavy atom. The van der Waals surface area contributed by atoms with Gasteiger partial charge in [0.1, 0.15) is 22.9 Å². The van der Waals surface area contributed by atoms with E-state index in [9.17, 15) is 26.7 Å². The molecule has 0 aliphatic carbocycles. The van der Waals surface area contributed by atoms with Crippen LogP contribution in [0.2, 0.25) is 0 Å². The fraction of sp³-hybridized carbons (Fsp3) is 0.227. The van der Waals surface area contributed by atoms with Crippen molar-refractivity contribution in [2.24, 2.45) is 4.99 Å². The highest BCUT2D eigenvalue weighted by atomic mass is 19.3. The molecule has 0 radical (unpaired) electrons. The highest BCUT2D eigenvalue weighted by Gasteiger charge is 2.45. The smallest absolute Gasteiger partial charge is 0.321 e. The van der Waals surface area contributed by atoms with Gasteiger partial charge in [0.25, 0.3) is 12.0 Å². The Morgan fingerprint density at radius 2 is 1.69 bits per heavy atom. The molecule has 32 heavy (non-hydrogen) atoms. The number of nitrogens with zero attached hydrogens (tertiary/aromatic N) is 3. The van der Waals surface area contributed by atoms with Crippen molar-refractivity contribution in [1.29, 1.82) is 0 Å². The Bertz CT molecular complexity index is 1210. The first-order valence-electron chi connectivity index (χ1n) is 9.60. The maximum atomic E-state index is 13.6. The second-order valence-electron chi connectivity index (χ2n) is 7.31. The van der Waals surface area contributed by atoms with Crippen molar-refractivity contribution in [3.63, 3.8) is 0 Å². The number of rotatable bonds is 5.